The average Bonchev–Trinajstić information content (AvgIpc) is 2.86. The first-order valence-electron chi connectivity index (χ1n) is 5.40. The van der Waals surface area contributed by atoms with Crippen LogP contribution in [0.25, 0.3) is 11.3 Å². The lowest BCUT2D eigenvalue weighted by molar-refractivity contribution is 0.956. The maximum absolute atomic E-state index is 5.64. The van der Waals surface area contributed by atoms with Crippen LogP contribution in [0.1, 0.15) is 5.56 Å². The summed E-state index contributed by atoms with van der Waals surface area (Å²) in [5.74, 6) is 0.541. The molecule has 0 spiro atoms. The zero-order valence-electron chi connectivity index (χ0n) is 9.20. The van der Waals surface area contributed by atoms with Gasteiger partial charge in [0.05, 0.1) is 5.69 Å². The highest BCUT2D eigenvalue weighted by Crippen LogP contribution is 2.34. The van der Waals surface area contributed by atoms with E-state index in [0.717, 1.165) is 18.7 Å². The van der Waals surface area contributed by atoms with Crippen LogP contribution in [0, 0.1) is 0 Å². The van der Waals surface area contributed by atoms with Gasteiger partial charge in [0.15, 0.2) is 0 Å². The third-order valence-corrected chi connectivity index (χ3v) is 3.15. The minimum Gasteiger partial charge on any atom is -0.382 e. The average molecular weight is 214 g/mol. The highest BCUT2D eigenvalue weighted by atomic mass is 15.2. The number of anilines is 2. The Morgan fingerprint density at radius 2 is 2.31 bits per heavy atom. The normalized spacial score (nSPS) is 14.2. The van der Waals surface area contributed by atoms with Crippen LogP contribution in [0.4, 0.5) is 11.5 Å². The molecule has 16 heavy (non-hydrogen) atoms. The fourth-order valence-corrected chi connectivity index (χ4v) is 2.32. The molecule has 0 saturated carbocycles. The highest BCUT2D eigenvalue weighted by molar-refractivity contribution is 5.75. The number of benzene rings is 1. The van der Waals surface area contributed by atoms with Crippen LogP contribution in [-0.4, -0.2) is 23.8 Å². The molecule has 4 nitrogen and oxygen atoms in total. The van der Waals surface area contributed by atoms with Crippen LogP contribution in [0.5, 0.6) is 0 Å². The zero-order chi connectivity index (χ0) is 11.1. The lowest BCUT2D eigenvalue weighted by Crippen LogP contribution is -2.12. The van der Waals surface area contributed by atoms with Gasteiger partial charge in [-0.15, -0.1) is 0 Å². The standard InChI is InChI=1S/C12H14N4/c1-16-6-5-9-8(3-2-4-11(9)16)10-7-12(13)15-14-10/h2-4,7H,5-6H2,1H3,(H3,13,14,15). The van der Waals surface area contributed by atoms with Crippen molar-refractivity contribution in [2.75, 3.05) is 24.2 Å². The Morgan fingerprint density at radius 3 is 3.06 bits per heavy atom. The molecule has 3 rings (SSSR count). The predicted octanol–water partition coefficient (Wildman–Crippen LogP) is 1.65. The second-order valence-corrected chi connectivity index (χ2v) is 4.18. The molecule has 2 aromatic rings. The minimum atomic E-state index is 0.541. The van der Waals surface area contributed by atoms with Crippen molar-refractivity contribution in [3.05, 3.63) is 29.8 Å². The molecule has 4 heteroatoms. The van der Waals surface area contributed by atoms with Crippen LogP contribution in [0.2, 0.25) is 0 Å². The smallest absolute Gasteiger partial charge is 0.145 e. The number of aromatic amines is 1. The van der Waals surface area contributed by atoms with Gasteiger partial charge in [0.1, 0.15) is 5.82 Å². The molecule has 0 amide bonds. The van der Waals surface area contributed by atoms with Gasteiger partial charge in [-0.2, -0.15) is 5.10 Å². The van der Waals surface area contributed by atoms with Gasteiger partial charge in [0, 0.05) is 30.9 Å². The van der Waals surface area contributed by atoms with E-state index in [1.54, 1.807) is 0 Å². The molecule has 2 heterocycles. The Bertz CT molecular complexity index is 530. The lowest BCUT2D eigenvalue weighted by atomic mass is 10.0. The van der Waals surface area contributed by atoms with Gasteiger partial charge >= 0.3 is 0 Å². The van der Waals surface area contributed by atoms with Gasteiger partial charge in [-0.25, -0.2) is 0 Å². The van der Waals surface area contributed by atoms with E-state index in [2.05, 4.69) is 40.3 Å². The summed E-state index contributed by atoms with van der Waals surface area (Å²) in [5.41, 5.74) is 10.5. The second kappa shape index (κ2) is 3.27. The minimum absolute atomic E-state index is 0.541. The van der Waals surface area contributed by atoms with E-state index in [0.29, 0.717) is 5.82 Å². The number of H-pyrrole nitrogens is 1. The van der Waals surface area contributed by atoms with E-state index in [4.69, 9.17) is 5.73 Å². The summed E-state index contributed by atoms with van der Waals surface area (Å²) < 4.78 is 0. The SMILES string of the molecule is CN1CCc2c(-c3cc(N)n[nH]3)cccc21. The third kappa shape index (κ3) is 1.26. The number of fused-ring (bicyclic) bond motifs is 1. The van der Waals surface area contributed by atoms with E-state index in [-0.39, 0.29) is 0 Å². The number of hydrogen-bond acceptors (Lipinski definition) is 3. The molecule has 0 atom stereocenters. The van der Waals surface area contributed by atoms with Gasteiger partial charge in [-0.1, -0.05) is 12.1 Å². The fraction of sp³-hybridized carbons (Fsp3) is 0.250. The topological polar surface area (TPSA) is 57.9 Å². The fourth-order valence-electron chi connectivity index (χ4n) is 2.32. The maximum atomic E-state index is 5.64. The summed E-state index contributed by atoms with van der Waals surface area (Å²) in [4.78, 5) is 2.28. The molecule has 0 unspecified atom stereocenters. The number of nitrogens with two attached hydrogens (primary N) is 1. The molecule has 0 bridgehead atoms. The number of nitrogens with one attached hydrogen (secondary N) is 1. The maximum Gasteiger partial charge on any atom is 0.145 e. The van der Waals surface area contributed by atoms with E-state index < -0.39 is 0 Å². The van der Waals surface area contributed by atoms with Gasteiger partial charge in [0.25, 0.3) is 0 Å². The van der Waals surface area contributed by atoms with E-state index in [9.17, 15) is 0 Å². The van der Waals surface area contributed by atoms with Gasteiger partial charge < -0.3 is 10.6 Å². The van der Waals surface area contributed by atoms with Crippen molar-refractivity contribution in [1.29, 1.82) is 0 Å². The van der Waals surface area contributed by atoms with Crippen LogP contribution in [0.3, 0.4) is 0 Å². The Labute approximate surface area is 94.1 Å². The van der Waals surface area contributed by atoms with Crippen LogP contribution in [0.15, 0.2) is 24.3 Å². The van der Waals surface area contributed by atoms with Crippen molar-refractivity contribution < 1.29 is 0 Å². The number of likely N-dealkylation sites (N-methyl/N-ethyl adjacent to an activating group) is 1. The van der Waals surface area contributed by atoms with E-state index >= 15 is 0 Å². The molecule has 1 aromatic carbocycles. The van der Waals surface area contributed by atoms with Crippen molar-refractivity contribution in [3.63, 3.8) is 0 Å². The van der Waals surface area contributed by atoms with Crippen LogP contribution < -0.4 is 10.6 Å². The first-order chi connectivity index (χ1) is 7.75. The Hall–Kier alpha value is -1.97. The molecule has 0 radical (unpaired) electrons. The predicted molar refractivity (Wildman–Crippen MR) is 65.4 cm³/mol. The van der Waals surface area contributed by atoms with Crippen molar-refractivity contribution >= 4 is 11.5 Å². The second-order valence-electron chi connectivity index (χ2n) is 4.18. The van der Waals surface area contributed by atoms with Crippen LogP contribution >= 0.6 is 0 Å². The van der Waals surface area contributed by atoms with Crippen molar-refractivity contribution in [1.82, 2.24) is 10.2 Å². The number of nitrogen functional groups attached to an aromatic ring is 1. The van der Waals surface area contributed by atoms with E-state index in [1.807, 2.05) is 6.07 Å². The van der Waals surface area contributed by atoms with Crippen molar-refractivity contribution in [2.24, 2.45) is 0 Å². The summed E-state index contributed by atoms with van der Waals surface area (Å²) in [6.45, 7) is 1.08. The molecule has 1 aliphatic rings. The summed E-state index contributed by atoms with van der Waals surface area (Å²) >= 11 is 0. The van der Waals surface area contributed by atoms with Gasteiger partial charge in [-0.05, 0) is 18.1 Å². The molecule has 82 valence electrons. The molecule has 3 N–H and O–H groups in total. The van der Waals surface area contributed by atoms with E-state index in [1.165, 1.54) is 16.8 Å². The highest BCUT2D eigenvalue weighted by Gasteiger charge is 2.19. The van der Waals surface area contributed by atoms with Crippen molar-refractivity contribution in [2.45, 2.75) is 6.42 Å². The summed E-state index contributed by atoms with van der Waals surface area (Å²) in [5, 5.41) is 6.95. The Morgan fingerprint density at radius 1 is 1.44 bits per heavy atom. The van der Waals surface area contributed by atoms with Crippen molar-refractivity contribution in [3.8, 4) is 11.3 Å². The summed E-state index contributed by atoms with van der Waals surface area (Å²) in [6.07, 6.45) is 1.08. The largest absolute Gasteiger partial charge is 0.382 e. The monoisotopic (exact) mass is 214 g/mol. The molecule has 0 fully saturated rings. The molecular formula is C12H14N4. The molecule has 0 aliphatic carbocycles. The summed E-state index contributed by atoms with van der Waals surface area (Å²) in [7, 11) is 2.12. The van der Waals surface area contributed by atoms with Gasteiger partial charge in [-0.3, -0.25) is 5.10 Å². The number of rotatable bonds is 1. The number of hydrogen-bond donors (Lipinski definition) is 2. The van der Waals surface area contributed by atoms with Crippen LogP contribution in [-0.2, 0) is 6.42 Å². The summed E-state index contributed by atoms with van der Waals surface area (Å²) in [6, 6.07) is 8.23. The number of aromatic nitrogens is 2. The quantitative estimate of drug-likeness (QED) is 0.759. The first kappa shape index (κ1) is 9.27. The molecule has 1 aromatic heterocycles. The first-order valence-corrected chi connectivity index (χ1v) is 5.40. The number of nitrogens with zero attached hydrogens (tertiary/aromatic N) is 2. The third-order valence-electron chi connectivity index (χ3n) is 3.15. The lowest BCUT2D eigenvalue weighted by Gasteiger charge is -2.12. The Balaban J connectivity index is 2.16. The molecular weight excluding hydrogens is 200 g/mol. The van der Waals surface area contributed by atoms with Gasteiger partial charge in [0.2, 0.25) is 0 Å². The molecule has 0 saturated heterocycles. The molecule has 1 aliphatic heterocycles. The zero-order valence-corrected chi connectivity index (χ0v) is 9.20. The Kier molecular flexibility index (Phi) is 1.89.